The van der Waals surface area contributed by atoms with Gasteiger partial charge in [-0.05, 0) is 12.1 Å². The molecule has 0 aliphatic heterocycles. The molecule has 0 saturated heterocycles. The average molecular weight is 173 g/mol. The van der Waals surface area contributed by atoms with E-state index in [0.29, 0.717) is 0 Å². The van der Waals surface area contributed by atoms with Crippen molar-refractivity contribution < 1.29 is 0 Å². The fraction of sp³-hybridized carbons (Fsp3) is 0.200. The summed E-state index contributed by atoms with van der Waals surface area (Å²) >= 11 is 0. The second-order valence-corrected chi connectivity index (χ2v) is 3.16. The first-order chi connectivity index (χ1) is 6.27. The van der Waals surface area contributed by atoms with Crippen LogP contribution in [0.5, 0.6) is 0 Å². The second kappa shape index (κ2) is 3.01. The van der Waals surface area contributed by atoms with Gasteiger partial charge in [-0.25, -0.2) is 0 Å². The molecule has 0 bridgehead atoms. The van der Waals surface area contributed by atoms with E-state index in [2.05, 4.69) is 10.2 Å². The minimum Gasteiger partial charge on any atom is -0.361 e. The Morgan fingerprint density at radius 3 is 2.62 bits per heavy atom. The maximum absolute atomic E-state index is 4.11. The number of rotatable bonds is 1. The van der Waals surface area contributed by atoms with Crippen molar-refractivity contribution in [1.82, 2.24) is 10.2 Å². The summed E-state index contributed by atoms with van der Waals surface area (Å²) in [7, 11) is 3.91. The van der Waals surface area contributed by atoms with Crippen molar-refractivity contribution >= 4 is 16.7 Å². The first-order valence-corrected chi connectivity index (χ1v) is 4.17. The molecule has 0 amide bonds. The van der Waals surface area contributed by atoms with Crippen LogP contribution in [-0.2, 0) is 0 Å². The Bertz CT molecular complexity index is 423. The Balaban J connectivity index is 2.62. The zero-order valence-corrected chi connectivity index (χ0v) is 7.73. The van der Waals surface area contributed by atoms with Crippen molar-refractivity contribution in [1.29, 1.82) is 0 Å². The number of fused-ring (bicyclic) bond motifs is 1. The molecule has 1 aromatic heterocycles. The maximum Gasteiger partial charge on any atom is 0.151 e. The molecule has 0 fully saturated rings. The largest absolute Gasteiger partial charge is 0.361 e. The SMILES string of the molecule is CN(C)c1cc2ccccc2nn1. The summed E-state index contributed by atoms with van der Waals surface area (Å²) < 4.78 is 0. The quantitative estimate of drug-likeness (QED) is 0.657. The molecule has 1 aromatic carbocycles. The van der Waals surface area contributed by atoms with Crippen molar-refractivity contribution in [2.75, 3.05) is 19.0 Å². The van der Waals surface area contributed by atoms with Gasteiger partial charge in [0.25, 0.3) is 0 Å². The lowest BCUT2D eigenvalue weighted by Crippen LogP contribution is -2.10. The van der Waals surface area contributed by atoms with Gasteiger partial charge < -0.3 is 4.90 Å². The number of anilines is 1. The van der Waals surface area contributed by atoms with Gasteiger partial charge in [-0.15, -0.1) is 10.2 Å². The topological polar surface area (TPSA) is 29.0 Å². The van der Waals surface area contributed by atoms with Gasteiger partial charge in [0.05, 0.1) is 5.52 Å². The molecular weight excluding hydrogens is 162 g/mol. The lowest BCUT2D eigenvalue weighted by Gasteiger charge is -2.09. The second-order valence-electron chi connectivity index (χ2n) is 3.16. The Hall–Kier alpha value is -1.64. The Kier molecular flexibility index (Phi) is 1.85. The summed E-state index contributed by atoms with van der Waals surface area (Å²) in [5.74, 6) is 0.888. The average Bonchev–Trinajstić information content (AvgIpc) is 2.17. The van der Waals surface area contributed by atoms with Gasteiger partial charge in [-0.2, -0.15) is 0 Å². The zero-order valence-electron chi connectivity index (χ0n) is 7.73. The van der Waals surface area contributed by atoms with Crippen LogP contribution in [0.2, 0.25) is 0 Å². The molecule has 13 heavy (non-hydrogen) atoms. The molecule has 0 aliphatic rings. The molecule has 0 aliphatic carbocycles. The summed E-state index contributed by atoms with van der Waals surface area (Å²) in [6, 6.07) is 10.00. The van der Waals surface area contributed by atoms with Crippen LogP contribution in [0.25, 0.3) is 10.9 Å². The van der Waals surface area contributed by atoms with Crippen molar-refractivity contribution in [2.45, 2.75) is 0 Å². The Labute approximate surface area is 77.0 Å². The number of hydrogen-bond acceptors (Lipinski definition) is 3. The van der Waals surface area contributed by atoms with Gasteiger partial charge in [0.15, 0.2) is 5.82 Å². The number of benzene rings is 1. The summed E-state index contributed by atoms with van der Waals surface area (Å²) in [6.07, 6.45) is 0. The summed E-state index contributed by atoms with van der Waals surface area (Å²) in [5, 5.41) is 9.32. The van der Waals surface area contributed by atoms with E-state index in [9.17, 15) is 0 Å². The molecule has 0 atom stereocenters. The van der Waals surface area contributed by atoms with Crippen LogP contribution in [-0.4, -0.2) is 24.3 Å². The van der Waals surface area contributed by atoms with Gasteiger partial charge in [-0.1, -0.05) is 18.2 Å². The molecule has 0 N–H and O–H groups in total. The van der Waals surface area contributed by atoms with E-state index in [0.717, 1.165) is 16.7 Å². The predicted octanol–water partition coefficient (Wildman–Crippen LogP) is 1.70. The van der Waals surface area contributed by atoms with E-state index in [1.165, 1.54) is 0 Å². The molecular formula is C10H11N3. The van der Waals surface area contributed by atoms with Crippen molar-refractivity contribution in [2.24, 2.45) is 0 Å². The van der Waals surface area contributed by atoms with Crippen LogP contribution in [0.15, 0.2) is 30.3 Å². The number of nitrogens with zero attached hydrogens (tertiary/aromatic N) is 3. The molecule has 3 nitrogen and oxygen atoms in total. The fourth-order valence-corrected chi connectivity index (χ4v) is 1.19. The molecule has 3 heteroatoms. The maximum atomic E-state index is 4.11. The third-order valence-corrected chi connectivity index (χ3v) is 1.94. The molecule has 1 heterocycles. The normalized spacial score (nSPS) is 10.3. The molecule has 0 unspecified atom stereocenters. The van der Waals surface area contributed by atoms with Crippen LogP contribution in [0, 0.1) is 0 Å². The van der Waals surface area contributed by atoms with Gasteiger partial charge in [0.2, 0.25) is 0 Å². The van der Waals surface area contributed by atoms with E-state index in [1.54, 1.807) is 0 Å². The Morgan fingerprint density at radius 1 is 1.08 bits per heavy atom. The van der Waals surface area contributed by atoms with E-state index < -0.39 is 0 Å². The molecule has 0 saturated carbocycles. The number of hydrogen-bond donors (Lipinski definition) is 0. The highest BCUT2D eigenvalue weighted by Gasteiger charge is 1.99. The van der Waals surface area contributed by atoms with Gasteiger partial charge >= 0.3 is 0 Å². The Morgan fingerprint density at radius 2 is 1.85 bits per heavy atom. The van der Waals surface area contributed by atoms with Gasteiger partial charge in [-0.3, -0.25) is 0 Å². The van der Waals surface area contributed by atoms with Crippen LogP contribution in [0.4, 0.5) is 5.82 Å². The molecule has 0 radical (unpaired) electrons. The third kappa shape index (κ3) is 1.45. The van der Waals surface area contributed by atoms with Crippen LogP contribution in [0.3, 0.4) is 0 Å². The molecule has 66 valence electrons. The van der Waals surface area contributed by atoms with Crippen LogP contribution >= 0.6 is 0 Å². The third-order valence-electron chi connectivity index (χ3n) is 1.94. The van der Waals surface area contributed by atoms with E-state index in [-0.39, 0.29) is 0 Å². The highest BCUT2D eigenvalue weighted by Crippen LogP contribution is 2.14. The first-order valence-electron chi connectivity index (χ1n) is 4.17. The first kappa shape index (κ1) is 7.98. The van der Waals surface area contributed by atoms with Crippen LogP contribution in [0.1, 0.15) is 0 Å². The van der Waals surface area contributed by atoms with E-state index >= 15 is 0 Å². The molecule has 0 spiro atoms. The standard InChI is InChI=1S/C10H11N3/c1-13(2)10-7-8-5-3-4-6-9(8)11-12-10/h3-7H,1-2H3. The minimum atomic E-state index is 0.888. The van der Waals surface area contributed by atoms with E-state index in [1.807, 2.05) is 49.3 Å². The highest BCUT2D eigenvalue weighted by molar-refractivity contribution is 5.80. The monoisotopic (exact) mass is 173 g/mol. The predicted molar refractivity (Wildman–Crippen MR) is 53.9 cm³/mol. The number of aromatic nitrogens is 2. The van der Waals surface area contributed by atoms with Gasteiger partial charge in [0.1, 0.15) is 0 Å². The minimum absolute atomic E-state index is 0.888. The summed E-state index contributed by atoms with van der Waals surface area (Å²) in [4.78, 5) is 1.94. The fourth-order valence-electron chi connectivity index (χ4n) is 1.19. The van der Waals surface area contributed by atoms with Gasteiger partial charge in [0, 0.05) is 19.5 Å². The van der Waals surface area contributed by atoms with E-state index in [4.69, 9.17) is 0 Å². The lowest BCUT2D eigenvalue weighted by molar-refractivity contribution is 0.990. The van der Waals surface area contributed by atoms with Crippen molar-refractivity contribution in [3.63, 3.8) is 0 Å². The highest BCUT2D eigenvalue weighted by atomic mass is 15.2. The van der Waals surface area contributed by atoms with Crippen LogP contribution < -0.4 is 4.90 Å². The molecule has 2 rings (SSSR count). The van der Waals surface area contributed by atoms with Crippen molar-refractivity contribution in [3.8, 4) is 0 Å². The zero-order chi connectivity index (χ0) is 9.26. The van der Waals surface area contributed by atoms with Crippen molar-refractivity contribution in [3.05, 3.63) is 30.3 Å². The molecule has 2 aromatic rings. The summed E-state index contributed by atoms with van der Waals surface area (Å²) in [5.41, 5.74) is 0.938. The lowest BCUT2D eigenvalue weighted by atomic mass is 10.2. The smallest absolute Gasteiger partial charge is 0.151 e. The summed E-state index contributed by atoms with van der Waals surface area (Å²) in [6.45, 7) is 0.